The number of carbonyl (C=O) groups excluding carboxylic acids is 1. The number of nitrogens with zero attached hydrogens (tertiary/aromatic N) is 1. The van der Waals surface area contributed by atoms with Crippen molar-refractivity contribution in [2.75, 3.05) is 6.61 Å². The molecule has 0 N–H and O–H groups in total. The van der Waals surface area contributed by atoms with Crippen molar-refractivity contribution in [1.82, 2.24) is 4.98 Å². The first-order chi connectivity index (χ1) is 15.2. The maximum absolute atomic E-state index is 12.5. The van der Waals surface area contributed by atoms with Gasteiger partial charge in [-0.25, -0.2) is 4.79 Å². The van der Waals surface area contributed by atoms with Gasteiger partial charge in [-0.05, 0) is 60.9 Å². The summed E-state index contributed by atoms with van der Waals surface area (Å²) >= 11 is 0. The number of pyridine rings is 1. The molecule has 0 spiro atoms. The molecule has 0 aliphatic carbocycles. The van der Waals surface area contributed by atoms with Crippen LogP contribution in [-0.2, 0) is 6.42 Å². The first-order valence-electron chi connectivity index (χ1n) is 11.2. The molecule has 0 saturated carbocycles. The summed E-state index contributed by atoms with van der Waals surface area (Å²) in [7, 11) is 0. The zero-order valence-electron chi connectivity index (χ0n) is 18.5. The predicted octanol–water partition coefficient (Wildman–Crippen LogP) is 6.88. The maximum Gasteiger partial charge on any atom is 0.343 e. The molecule has 0 amide bonds. The van der Waals surface area contributed by atoms with Crippen LogP contribution in [0.25, 0.3) is 11.3 Å². The van der Waals surface area contributed by atoms with E-state index in [0.29, 0.717) is 17.9 Å². The van der Waals surface area contributed by atoms with E-state index in [1.165, 1.54) is 24.8 Å². The van der Waals surface area contributed by atoms with E-state index >= 15 is 0 Å². The highest BCUT2D eigenvalue weighted by molar-refractivity contribution is 5.91. The van der Waals surface area contributed by atoms with Crippen molar-refractivity contribution < 1.29 is 14.3 Å². The third-order valence-corrected chi connectivity index (χ3v) is 5.08. The van der Waals surface area contributed by atoms with Gasteiger partial charge in [0.05, 0.1) is 17.9 Å². The van der Waals surface area contributed by atoms with Crippen LogP contribution in [0.3, 0.4) is 0 Å². The van der Waals surface area contributed by atoms with Crippen LogP contribution in [-0.4, -0.2) is 17.6 Å². The number of hydrogen-bond acceptors (Lipinski definition) is 4. The van der Waals surface area contributed by atoms with Gasteiger partial charge in [0.2, 0.25) is 0 Å². The van der Waals surface area contributed by atoms with Crippen molar-refractivity contribution in [1.29, 1.82) is 0 Å². The van der Waals surface area contributed by atoms with Crippen LogP contribution in [0.2, 0.25) is 0 Å². The normalized spacial score (nSPS) is 10.6. The number of rotatable bonds is 11. The van der Waals surface area contributed by atoms with E-state index < -0.39 is 0 Å². The van der Waals surface area contributed by atoms with Gasteiger partial charge in [0.15, 0.2) is 0 Å². The summed E-state index contributed by atoms with van der Waals surface area (Å²) in [6, 6.07) is 18.6. The van der Waals surface area contributed by atoms with E-state index in [2.05, 4.69) is 24.9 Å². The fourth-order valence-electron chi connectivity index (χ4n) is 3.30. The lowest BCUT2D eigenvalue weighted by molar-refractivity contribution is 0.0734. The van der Waals surface area contributed by atoms with Gasteiger partial charge in [0, 0.05) is 11.8 Å². The summed E-state index contributed by atoms with van der Waals surface area (Å²) in [5, 5.41) is 0. The molecule has 31 heavy (non-hydrogen) atoms. The Morgan fingerprint density at radius 1 is 0.806 bits per heavy atom. The summed E-state index contributed by atoms with van der Waals surface area (Å²) in [5.74, 6) is 0.907. The molecule has 162 valence electrons. The average Bonchev–Trinajstić information content (AvgIpc) is 2.81. The Labute approximate surface area is 185 Å². The Bertz CT molecular complexity index is 932. The molecule has 0 aliphatic heterocycles. The molecular formula is C27H31NO3. The van der Waals surface area contributed by atoms with E-state index in [4.69, 9.17) is 9.47 Å². The number of aromatic nitrogens is 1. The third kappa shape index (κ3) is 6.95. The maximum atomic E-state index is 12.5. The second-order valence-electron chi connectivity index (χ2n) is 7.65. The van der Waals surface area contributed by atoms with Crippen molar-refractivity contribution in [2.24, 2.45) is 0 Å². The minimum Gasteiger partial charge on any atom is -0.494 e. The highest BCUT2D eigenvalue weighted by Crippen LogP contribution is 2.21. The minimum atomic E-state index is -0.383. The molecule has 4 heteroatoms. The molecule has 0 radical (unpaired) electrons. The first-order valence-corrected chi connectivity index (χ1v) is 11.2. The van der Waals surface area contributed by atoms with Crippen LogP contribution in [0.15, 0.2) is 66.9 Å². The van der Waals surface area contributed by atoms with Gasteiger partial charge in [-0.2, -0.15) is 0 Å². The Morgan fingerprint density at radius 3 is 2.19 bits per heavy atom. The quantitative estimate of drug-likeness (QED) is 0.194. The molecule has 0 bridgehead atoms. The lowest BCUT2D eigenvalue weighted by Crippen LogP contribution is -2.08. The SMILES string of the molecule is CCCCCCOc1ccc(OC(=O)c2ccc(-c3ccc(CCC)cn3)cc2)cc1. The molecule has 0 unspecified atom stereocenters. The van der Waals surface area contributed by atoms with Gasteiger partial charge in [-0.1, -0.05) is 57.7 Å². The van der Waals surface area contributed by atoms with Crippen LogP contribution in [0.1, 0.15) is 61.9 Å². The van der Waals surface area contributed by atoms with Crippen molar-refractivity contribution in [2.45, 2.75) is 52.4 Å². The molecular weight excluding hydrogens is 386 g/mol. The number of ether oxygens (including phenoxy) is 2. The summed E-state index contributed by atoms with van der Waals surface area (Å²) in [4.78, 5) is 17.0. The highest BCUT2D eigenvalue weighted by atomic mass is 16.5. The molecule has 4 nitrogen and oxygen atoms in total. The molecule has 0 aliphatic rings. The van der Waals surface area contributed by atoms with Gasteiger partial charge < -0.3 is 9.47 Å². The van der Waals surface area contributed by atoms with Crippen LogP contribution >= 0.6 is 0 Å². The van der Waals surface area contributed by atoms with Crippen LogP contribution < -0.4 is 9.47 Å². The third-order valence-electron chi connectivity index (χ3n) is 5.08. The molecule has 0 saturated heterocycles. The van der Waals surface area contributed by atoms with E-state index in [9.17, 15) is 4.79 Å². The predicted molar refractivity (Wildman–Crippen MR) is 125 cm³/mol. The second kappa shape index (κ2) is 11.9. The average molecular weight is 418 g/mol. The fourth-order valence-corrected chi connectivity index (χ4v) is 3.30. The van der Waals surface area contributed by atoms with Crippen LogP contribution in [0.4, 0.5) is 0 Å². The molecule has 3 rings (SSSR count). The Morgan fingerprint density at radius 2 is 1.55 bits per heavy atom. The standard InChI is InChI=1S/C27H31NO3/c1-3-5-6-7-19-30-24-14-16-25(17-15-24)31-27(29)23-12-10-22(11-13-23)26-18-9-21(8-4-2)20-28-26/h9-18,20H,3-8,19H2,1-2H3. The first kappa shape index (κ1) is 22.5. The Kier molecular flexibility index (Phi) is 8.65. The topological polar surface area (TPSA) is 48.4 Å². The Hall–Kier alpha value is -3.14. The number of benzene rings is 2. The van der Waals surface area contributed by atoms with Gasteiger partial charge in [0.25, 0.3) is 0 Å². The number of unbranched alkanes of at least 4 members (excludes halogenated alkanes) is 3. The molecule has 3 aromatic rings. The highest BCUT2D eigenvalue weighted by Gasteiger charge is 2.10. The van der Waals surface area contributed by atoms with E-state index in [1.807, 2.05) is 36.5 Å². The summed E-state index contributed by atoms with van der Waals surface area (Å²) < 4.78 is 11.2. The summed E-state index contributed by atoms with van der Waals surface area (Å²) in [6.07, 6.45) is 8.74. The number of carbonyl (C=O) groups is 1. The second-order valence-corrected chi connectivity index (χ2v) is 7.65. The summed E-state index contributed by atoms with van der Waals surface area (Å²) in [5.41, 5.74) is 3.60. The van der Waals surface area contributed by atoms with E-state index in [1.54, 1.807) is 24.3 Å². The van der Waals surface area contributed by atoms with Crippen molar-refractivity contribution in [3.05, 3.63) is 78.0 Å². The van der Waals surface area contributed by atoms with Crippen molar-refractivity contribution in [3.8, 4) is 22.8 Å². The van der Waals surface area contributed by atoms with Gasteiger partial charge >= 0.3 is 5.97 Å². The molecule has 0 fully saturated rings. The number of hydrogen-bond donors (Lipinski definition) is 0. The molecule has 2 aromatic carbocycles. The van der Waals surface area contributed by atoms with Crippen molar-refractivity contribution >= 4 is 5.97 Å². The van der Waals surface area contributed by atoms with Crippen molar-refractivity contribution in [3.63, 3.8) is 0 Å². The van der Waals surface area contributed by atoms with E-state index in [0.717, 1.165) is 36.3 Å². The molecule has 1 heterocycles. The molecule has 1 aromatic heterocycles. The van der Waals surface area contributed by atoms with Crippen LogP contribution in [0, 0.1) is 0 Å². The van der Waals surface area contributed by atoms with Gasteiger partial charge in [0.1, 0.15) is 11.5 Å². The zero-order valence-corrected chi connectivity index (χ0v) is 18.5. The number of aryl methyl sites for hydroxylation is 1. The zero-order chi connectivity index (χ0) is 21.9. The summed E-state index contributed by atoms with van der Waals surface area (Å²) in [6.45, 7) is 5.06. The minimum absolute atomic E-state index is 0.383. The largest absolute Gasteiger partial charge is 0.494 e. The van der Waals surface area contributed by atoms with E-state index in [-0.39, 0.29) is 5.97 Å². The van der Waals surface area contributed by atoms with Crippen LogP contribution in [0.5, 0.6) is 11.5 Å². The Balaban J connectivity index is 1.53. The lowest BCUT2D eigenvalue weighted by Gasteiger charge is -2.08. The smallest absolute Gasteiger partial charge is 0.343 e. The molecule has 0 atom stereocenters. The fraction of sp³-hybridized carbons (Fsp3) is 0.333. The lowest BCUT2D eigenvalue weighted by atomic mass is 10.1. The number of esters is 1. The van der Waals surface area contributed by atoms with Gasteiger partial charge in [-0.3, -0.25) is 4.98 Å². The monoisotopic (exact) mass is 417 g/mol. The van der Waals surface area contributed by atoms with Gasteiger partial charge in [-0.15, -0.1) is 0 Å².